The van der Waals surface area contributed by atoms with Gasteiger partial charge in [-0.05, 0) is 51.5 Å². The Kier molecular flexibility index (Phi) is 11.4. The topological polar surface area (TPSA) is 25.8 Å². The van der Waals surface area contributed by atoms with Crippen LogP contribution in [0.25, 0.3) is 22.5 Å². The van der Waals surface area contributed by atoms with E-state index in [2.05, 4.69) is 148 Å². The van der Waals surface area contributed by atoms with Gasteiger partial charge in [0.2, 0.25) is 0 Å². The van der Waals surface area contributed by atoms with Crippen LogP contribution in [0.3, 0.4) is 0 Å². The van der Waals surface area contributed by atoms with Gasteiger partial charge >= 0.3 is 0 Å². The summed E-state index contributed by atoms with van der Waals surface area (Å²) in [6, 6.07) is 50.4. The molecule has 0 unspecified atom stereocenters. The Balaban J connectivity index is 0.000000201. The Labute approximate surface area is 283 Å². The van der Waals surface area contributed by atoms with Crippen LogP contribution in [0.4, 0.5) is 0 Å². The van der Waals surface area contributed by atoms with E-state index in [0.29, 0.717) is 0 Å². The third-order valence-corrected chi connectivity index (χ3v) is 7.98. The van der Waals surface area contributed by atoms with E-state index in [1.54, 1.807) is 0 Å². The summed E-state index contributed by atoms with van der Waals surface area (Å²) in [4.78, 5) is 9.15. The summed E-state index contributed by atoms with van der Waals surface area (Å²) in [6.07, 6.45) is 4.80. The van der Waals surface area contributed by atoms with Crippen LogP contribution in [-0.4, -0.2) is 9.97 Å². The number of benzene rings is 4. The Hall–Kier alpha value is -4.17. The van der Waals surface area contributed by atoms with Crippen molar-refractivity contribution in [1.29, 1.82) is 0 Å². The molecule has 4 aromatic carbocycles. The first kappa shape index (κ1) is 33.7. The molecule has 6 rings (SSSR count). The molecule has 2 nitrogen and oxygen atoms in total. The van der Waals surface area contributed by atoms with Crippen LogP contribution in [0.1, 0.15) is 62.4 Å². The zero-order chi connectivity index (χ0) is 31.0. The summed E-state index contributed by atoms with van der Waals surface area (Å²) in [5.74, 6) is 0. The minimum atomic E-state index is -0.0484. The van der Waals surface area contributed by atoms with E-state index in [1.165, 1.54) is 27.8 Å². The van der Waals surface area contributed by atoms with Gasteiger partial charge in [-0.15, -0.1) is 71.3 Å². The second kappa shape index (κ2) is 15.2. The molecule has 0 aliphatic carbocycles. The van der Waals surface area contributed by atoms with Crippen molar-refractivity contribution in [3.63, 3.8) is 0 Å². The van der Waals surface area contributed by atoms with Crippen molar-refractivity contribution in [3.8, 4) is 22.5 Å². The van der Waals surface area contributed by atoms with Crippen LogP contribution in [0, 0.1) is 12.1 Å². The molecular weight excluding hydrogens is 725 g/mol. The molecule has 0 aliphatic rings. The fraction of sp³-hybridized carbons (Fsp3) is 0.190. The van der Waals surface area contributed by atoms with Gasteiger partial charge in [-0.3, -0.25) is 0 Å². The number of nitrogens with zero attached hydrogens (tertiary/aromatic N) is 2. The van der Waals surface area contributed by atoms with E-state index < -0.39 is 0 Å². The number of aromatic nitrogens is 2. The predicted molar refractivity (Wildman–Crippen MR) is 184 cm³/mol. The molecule has 6 aromatic rings. The van der Waals surface area contributed by atoms with Gasteiger partial charge in [0.05, 0.1) is 0 Å². The standard InChI is InChI=1S/C22H22N.C20H18N.Ir/c1-22(2,3)20-11-7-10-19(16-20)21-15-18(12-13-23-21)14-17-8-5-4-6-9-17;1-20(2,17-11-7-4-8-12-17)18-13-14-19(21-15-18)16-9-5-3-6-10-16;/h4-9,11-13,15-16H,14H2,1-3H3;3-9,11-15H,1-2H3;/q2*-1;. The van der Waals surface area contributed by atoms with E-state index in [9.17, 15) is 0 Å². The molecule has 0 atom stereocenters. The van der Waals surface area contributed by atoms with E-state index in [1.807, 2.05) is 48.8 Å². The van der Waals surface area contributed by atoms with E-state index in [0.717, 1.165) is 28.9 Å². The van der Waals surface area contributed by atoms with Gasteiger partial charge in [-0.1, -0.05) is 113 Å². The Bertz CT molecular complexity index is 1760. The summed E-state index contributed by atoms with van der Waals surface area (Å²) in [7, 11) is 0. The van der Waals surface area contributed by atoms with Gasteiger partial charge in [0, 0.05) is 37.9 Å². The molecule has 2 heterocycles. The van der Waals surface area contributed by atoms with Crippen molar-refractivity contribution in [2.45, 2.75) is 51.9 Å². The fourth-order valence-corrected chi connectivity index (χ4v) is 5.14. The summed E-state index contributed by atoms with van der Waals surface area (Å²) in [5.41, 5.74) is 10.5. The third kappa shape index (κ3) is 8.94. The van der Waals surface area contributed by atoms with E-state index in [-0.39, 0.29) is 30.9 Å². The van der Waals surface area contributed by atoms with Crippen molar-refractivity contribution in [3.05, 3.63) is 180 Å². The van der Waals surface area contributed by atoms with Gasteiger partial charge in [-0.2, -0.15) is 0 Å². The number of hydrogen-bond acceptors (Lipinski definition) is 2. The van der Waals surface area contributed by atoms with Crippen LogP contribution in [0.2, 0.25) is 0 Å². The second-order valence-corrected chi connectivity index (χ2v) is 12.7. The Morgan fingerprint density at radius 3 is 1.87 bits per heavy atom. The van der Waals surface area contributed by atoms with Gasteiger partial charge in [0.25, 0.3) is 0 Å². The first-order valence-electron chi connectivity index (χ1n) is 15.2. The fourth-order valence-electron chi connectivity index (χ4n) is 5.14. The van der Waals surface area contributed by atoms with Gasteiger partial charge in [0.15, 0.2) is 0 Å². The van der Waals surface area contributed by atoms with E-state index in [4.69, 9.17) is 0 Å². The van der Waals surface area contributed by atoms with Crippen molar-refractivity contribution in [2.75, 3.05) is 0 Å². The van der Waals surface area contributed by atoms with Crippen LogP contribution < -0.4 is 0 Å². The molecular formula is C42H40IrN2-2. The predicted octanol–water partition coefficient (Wildman–Crippen LogP) is 10.3. The van der Waals surface area contributed by atoms with Crippen LogP contribution >= 0.6 is 0 Å². The minimum Gasteiger partial charge on any atom is -0.305 e. The van der Waals surface area contributed by atoms with Crippen molar-refractivity contribution >= 4 is 0 Å². The van der Waals surface area contributed by atoms with Crippen molar-refractivity contribution in [2.24, 2.45) is 0 Å². The SMILES string of the molecule is CC(C)(C)c1cc[c-]c(-c2cc(Cc3ccccc3)ccn2)c1.CC(C)(c1ccccc1)c1ccc(-c2[c-]cccc2)nc1.[Ir]. The average molecular weight is 765 g/mol. The molecule has 0 saturated carbocycles. The zero-order valence-corrected chi connectivity index (χ0v) is 29.1. The molecule has 0 fully saturated rings. The molecule has 0 spiro atoms. The van der Waals surface area contributed by atoms with Crippen LogP contribution in [-0.2, 0) is 37.4 Å². The molecule has 0 N–H and O–H groups in total. The zero-order valence-electron chi connectivity index (χ0n) is 26.7. The molecule has 0 amide bonds. The van der Waals surface area contributed by atoms with Crippen LogP contribution in [0.15, 0.2) is 140 Å². The molecule has 3 heteroatoms. The smallest absolute Gasteiger partial charge is 0.0201 e. The summed E-state index contributed by atoms with van der Waals surface area (Å²) in [6.45, 7) is 11.1. The maximum Gasteiger partial charge on any atom is 0.0201 e. The molecule has 1 radical (unpaired) electrons. The van der Waals surface area contributed by atoms with Gasteiger partial charge in [-0.25, -0.2) is 0 Å². The minimum absolute atomic E-state index is 0. The molecule has 0 saturated heterocycles. The normalized spacial score (nSPS) is 11.1. The quantitative estimate of drug-likeness (QED) is 0.158. The molecule has 2 aromatic heterocycles. The summed E-state index contributed by atoms with van der Waals surface area (Å²) in [5, 5.41) is 0. The molecule has 0 bridgehead atoms. The maximum atomic E-state index is 4.61. The molecule has 229 valence electrons. The van der Waals surface area contributed by atoms with E-state index >= 15 is 0 Å². The monoisotopic (exact) mass is 765 g/mol. The molecule has 45 heavy (non-hydrogen) atoms. The Morgan fingerprint density at radius 1 is 0.533 bits per heavy atom. The number of hydrogen-bond donors (Lipinski definition) is 0. The van der Waals surface area contributed by atoms with Gasteiger partial charge in [0.1, 0.15) is 0 Å². The maximum absolute atomic E-state index is 4.61. The molecule has 0 aliphatic heterocycles. The largest absolute Gasteiger partial charge is 0.305 e. The third-order valence-electron chi connectivity index (χ3n) is 7.98. The number of pyridine rings is 2. The number of rotatable bonds is 6. The van der Waals surface area contributed by atoms with Gasteiger partial charge < -0.3 is 9.97 Å². The average Bonchev–Trinajstić information content (AvgIpc) is 3.06. The second-order valence-electron chi connectivity index (χ2n) is 12.7. The van der Waals surface area contributed by atoms with Crippen molar-refractivity contribution < 1.29 is 20.1 Å². The summed E-state index contributed by atoms with van der Waals surface area (Å²) < 4.78 is 0. The first-order chi connectivity index (χ1) is 21.2. The summed E-state index contributed by atoms with van der Waals surface area (Å²) >= 11 is 0. The van der Waals surface area contributed by atoms with Crippen LogP contribution in [0.5, 0.6) is 0 Å². The first-order valence-corrected chi connectivity index (χ1v) is 15.2. The Morgan fingerprint density at radius 2 is 1.22 bits per heavy atom. The van der Waals surface area contributed by atoms with Crippen molar-refractivity contribution in [1.82, 2.24) is 9.97 Å².